The Balaban J connectivity index is 2.35. The Bertz CT molecular complexity index is 654. The summed E-state index contributed by atoms with van der Waals surface area (Å²) >= 11 is 4.90. The molecule has 1 aromatic carbocycles. The van der Waals surface area contributed by atoms with Crippen LogP contribution < -0.4 is 0 Å². The smallest absolute Gasteiger partial charge is 0.207 e. The molecule has 0 bridgehead atoms. The second kappa shape index (κ2) is 6.85. The van der Waals surface area contributed by atoms with Crippen LogP contribution in [0.3, 0.4) is 0 Å². The molecule has 1 heterocycles. The summed E-state index contributed by atoms with van der Waals surface area (Å²) in [6.07, 6.45) is 0.786. The van der Waals surface area contributed by atoms with Crippen LogP contribution in [0.25, 0.3) is 0 Å². The topological polar surface area (TPSA) is 37.4 Å². The lowest BCUT2D eigenvalue weighted by Crippen LogP contribution is -2.31. The molecular weight excluding hydrogens is 358 g/mol. The van der Waals surface area contributed by atoms with Crippen molar-refractivity contribution in [3.8, 4) is 0 Å². The van der Waals surface area contributed by atoms with E-state index >= 15 is 0 Å². The first-order valence-electron chi connectivity index (χ1n) is 6.31. The van der Waals surface area contributed by atoms with E-state index in [1.54, 1.807) is 29.5 Å². The highest BCUT2D eigenvalue weighted by molar-refractivity contribution is 9.10. The first-order valence-corrected chi connectivity index (χ1v) is 9.49. The monoisotopic (exact) mass is 373 g/mol. The average molecular weight is 374 g/mol. The van der Waals surface area contributed by atoms with Crippen molar-refractivity contribution >= 4 is 37.3 Å². The lowest BCUT2D eigenvalue weighted by molar-refractivity contribution is 0.406. The fourth-order valence-electron chi connectivity index (χ4n) is 1.91. The molecule has 2 rings (SSSR count). The van der Waals surface area contributed by atoms with Crippen LogP contribution in [-0.4, -0.2) is 19.3 Å². The van der Waals surface area contributed by atoms with Gasteiger partial charge in [0.05, 0.1) is 4.90 Å². The van der Waals surface area contributed by atoms with E-state index in [2.05, 4.69) is 15.9 Å². The van der Waals surface area contributed by atoms with Gasteiger partial charge >= 0.3 is 0 Å². The number of sulfonamides is 1. The van der Waals surface area contributed by atoms with E-state index < -0.39 is 10.0 Å². The van der Waals surface area contributed by atoms with Crippen LogP contribution in [0.15, 0.2) is 50.5 Å². The maximum absolute atomic E-state index is 12.8. The molecule has 2 aromatic rings. The fraction of sp³-hybridized carbons (Fsp3) is 0.286. The maximum atomic E-state index is 12.8. The third-order valence-corrected chi connectivity index (χ3v) is 6.46. The highest BCUT2D eigenvalue weighted by atomic mass is 79.9. The van der Waals surface area contributed by atoms with Crippen LogP contribution in [0.5, 0.6) is 0 Å². The SMILES string of the molecule is CCCN(Cc1ccsc1)S(=O)(=O)c1ccccc1Br. The minimum atomic E-state index is -3.48. The van der Waals surface area contributed by atoms with Gasteiger partial charge in [0.25, 0.3) is 0 Å². The third kappa shape index (κ3) is 3.49. The van der Waals surface area contributed by atoms with Gasteiger partial charge in [0.1, 0.15) is 0 Å². The zero-order valence-corrected chi connectivity index (χ0v) is 14.3. The van der Waals surface area contributed by atoms with E-state index in [0.717, 1.165) is 12.0 Å². The molecule has 0 spiro atoms. The lowest BCUT2D eigenvalue weighted by Gasteiger charge is -2.21. The summed E-state index contributed by atoms with van der Waals surface area (Å²) in [6, 6.07) is 8.90. The number of nitrogens with zero attached hydrogens (tertiary/aromatic N) is 1. The highest BCUT2D eigenvalue weighted by Gasteiger charge is 2.25. The second-order valence-electron chi connectivity index (χ2n) is 4.40. The number of rotatable bonds is 6. The zero-order chi connectivity index (χ0) is 14.6. The second-order valence-corrected chi connectivity index (χ2v) is 7.94. The summed E-state index contributed by atoms with van der Waals surface area (Å²) in [5.41, 5.74) is 1.03. The average Bonchev–Trinajstić information content (AvgIpc) is 2.91. The molecule has 0 unspecified atom stereocenters. The van der Waals surface area contributed by atoms with E-state index in [-0.39, 0.29) is 0 Å². The molecule has 0 radical (unpaired) electrons. The fourth-order valence-corrected chi connectivity index (χ4v) is 5.06. The van der Waals surface area contributed by atoms with E-state index in [9.17, 15) is 8.42 Å². The van der Waals surface area contributed by atoms with Gasteiger partial charge in [-0.2, -0.15) is 15.6 Å². The Labute approximate surface area is 132 Å². The van der Waals surface area contributed by atoms with Crippen LogP contribution in [0, 0.1) is 0 Å². The molecule has 3 nitrogen and oxygen atoms in total. The van der Waals surface area contributed by atoms with Gasteiger partial charge in [-0.1, -0.05) is 19.1 Å². The summed E-state index contributed by atoms with van der Waals surface area (Å²) in [5.74, 6) is 0. The Kier molecular flexibility index (Phi) is 5.37. The predicted octanol–water partition coefficient (Wildman–Crippen LogP) is 4.11. The molecule has 0 aliphatic rings. The van der Waals surface area contributed by atoms with Crippen molar-refractivity contribution in [1.29, 1.82) is 0 Å². The molecule has 108 valence electrons. The van der Waals surface area contributed by atoms with Crippen LogP contribution in [-0.2, 0) is 16.6 Å². The van der Waals surface area contributed by atoms with Crippen LogP contribution in [0.2, 0.25) is 0 Å². The summed E-state index contributed by atoms with van der Waals surface area (Å²) < 4.78 is 27.7. The molecule has 0 amide bonds. The number of thiophene rings is 1. The van der Waals surface area contributed by atoms with Crippen LogP contribution >= 0.6 is 27.3 Å². The van der Waals surface area contributed by atoms with Gasteiger partial charge in [0.2, 0.25) is 10.0 Å². The molecule has 0 saturated carbocycles. The number of halogens is 1. The maximum Gasteiger partial charge on any atom is 0.244 e. The zero-order valence-electron chi connectivity index (χ0n) is 11.1. The van der Waals surface area contributed by atoms with Gasteiger partial charge in [-0.25, -0.2) is 8.42 Å². The summed E-state index contributed by atoms with van der Waals surface area (Å²) in [7, 11) is -3.48. The summed E-state index contributed by atoms with van der Waals surface area (Å²) in [4.78, 5) is 0.323. The quantitative estimate of drug-likeness (QED) is 0.763. The van der Waals surface area contributed by atoms with Crippen LogP contribution in [0.1, 0.15) is 18.9 Å². The van der Waals surface area contributed by atoms with Gasteiger partial charge in [0, 0.05) is 17.6 Å². The van der Waals surface area contributed by atoms with E-state index in [1.807, 2.05) is 29.8 Å². The van der Waals surface area contributed by atoms with Gasteiger partial charge < -0.3 is 0 Å². The minimum absolute atomic E-state index is 0.323. The molecule has 0 atom stereocenters. The Morgan fingerprint density at radius 1 is 1.25 bits per heavy atom. The third-order valence-electron chi connectivity index (χ3n) is 2.87. The Hall–Kier alpha value is -0.690. The summed E-state index contributed by atoms with van der Waals surface area (Å²) in [6.45, 7) is 2.91. The predicted molar refractivity (Wildman–Crippen MR) is 86.3 cm³/mol. The molecule has 6 heteroatoms. The first-order chi connectivity index (χ1) is 9.55. The number of hydrogen-bond acceptors (Lipinski definition) is 3. The van der Waals surface area contributed by atoms with Gasteiger partial charge in [-0.3, -0.25) is 0 Å². The molecule has 0 aliphatic carbocycles. The van der Waals surface area contributed by atoms with Crippen molar-refractivity contribution < 1.29 is 8.42 Å². The van der Waals surface area contributed by atoms with Gasteiger partial charge in [-0.05, 0) is 56.9 Å². The van der Waals surface area contributed by atoms with E-state index in [4.69, 9.17) is 0 Å². The summed E-state index contributed by atoms with van der Waals surface area (Å²) in [5, 5.41) is 3.95. The lowest BCUT2D eigenvalue weighted by atomic mass is 10.3. The Morgan fingerprint density at radius 3 is 2.60 bits per heavy atom. The van der Waals surface area contributed by atoms with Crippen molar-refractivity contribution in [2.45, 2.75) is 24.8 Å². The Morgan fingerprint density at radius 2 is 2.00 bits per heavy atom. The molecule has 1 aromatic heterocycles. The van der Waals surface area contributed by atoms with Crippen molar-refractivity contribution in [3.63, 3.8) is 0 Å². The minimum Gasteiger partial charge on any atom is -0.207 e. The number of benzene rings is 1. The van der Waals surface area contributed by atoms with E-state index in [1.165, 1.54) is 4.31 Å². The van der Waals surface area contributed by atoms with Crippen LogP contribution in [0.4, 0.5) is 0 Å². The number of hydrogen-bond donors (Lipinski definition) is 0. The van der Waals surface area contributed by atoms with E-state index in [0.29, 0.717) is 22.5 Å². The molecule has 20 heavy (non-hydrogen) atoms. The molecule has 0 fully saturated rings. The molecular formula is C14H16BrNO2S2. The van der Waals surface area contributed by atoms with Gasteiger partial charge in [-0.15, -0.1) is 0 Å². The molecule has 0 aliphatic heterocycles. The highest BCUT2D eigenvalue weighted by Crippen LogP contribution is 2.26. The van der Waals surface area contributed by atoms with Gasteiger partial charge in [0.15, 0.2) is 0 Å². The van der Waals surface area contributed by atoms with Crippen molar-refractivity contribution in [2.75, 3.05) is 6.54 Å². The normalized spacial score (nSPS) is 11.9. The largest absolute Gasteiger partial charge is 0.244 e. The molecule has 0 N–H and O–H groups in total. The van der Waals surface area contributed by atoms with Crippen molar-refractivity contribution in [2.24, 2.45) is 0 Å². The van der Waals surface area contributed by atoms with Crippen molar-refractivity contribution in [1.82, 2.24) is 4.31 Å². The first kappa shape index (κ1) is 15.7. The standard InChI is InChI=1S/C14H16BrNO2S2/c1-2-8-16(10-12-7-9-19-11-12)20(17,18)14-6-4-3-5-13(14)15/h3-7,9,11H,2,8,10H2,1H3. The molecule has 0 saturated heterocycles. The van der Waals surface area contributed by atoms with Crippen molar-refractivity contribution in [3.05, 3.63) is 51.1 Å².